The van der Waals surface area contributed by atoms with Gasteiger partial charge >= 0.3 is 0 Å². The molecule has 0 spiro atoms. The van der Waals surface area contributed by atoms with Crippen LogP contribution in [0.25, 0.3) is 10.8 Å². The topological polar surface area (TPSA) is 74.5 Å². The first-order valence-electron chi connectivity index (χ1n) is 9.86. The highest BCUT2D eigenvalue weighted by Gasteiger charge is 2.11. The first kappa shape index (κ1) is 20.8. The average molecular weight is 423 g/mol. The van der Waals surface area contributed by atoms with Crippen LogP contribution in [0.3, 0.4) is 0 Å². The van der Waals surface area contributed by atoms with Crippen LogP contribution in [0.5, 0.6) is 5.75 Å². The number of amides is 1. The van der Waals surface area contributed by atoms with E-state index < -0.39 is 11.7 Å². The van der Waals surface area contributed by atoms with Gasteiger partial charge in [0.2, 0.25) is 0 Å². The summed E-state index contributed by atoms with van der Waals surface area (Å²) in [7, 11) is 0. The fourth-order valence-corrected chi connectivity index (χ4v) is 3.20. The Morgan fingerprint density at radius 1 is 1.00 bits per heavy atom. The lowest BCUT2D eigenvalue weighted by atomic mass is 10.1. The molecule has 0 aliphatic heterocycles. The first-order chi connectivity index (χ1) is 15.6. The summed E-state index contributed by atoms with van der Waals surface area (Å²) in [5, 5.41) is 15.0. The molecular weight excluding hydrogens is 405 g/mol. The van der Waals surface area contributed by atoms with Crippen molar-refractivity contribution < 1.29 is 13.9 Å². The zero-order chi connectivity index (χ0) is 22.3. The van der Waals surface area contributed by atoms with E-state index in [0.29, 0.717) is 17.9 Å². The Kier molecular flexibility index (Phi) is 6.19. The molecule has 6 heteroatoms. The molecule has 0 aliphatic carbocycles. The summed E-state index contributed by atoms with van der Waals surface area (Å²) in [5.74, 6) is -0.892. The van der Waals surface area contributed by atoms with Gasteiger partial charge in [-0.2, -0.15) is 10.4 Å². The van der Waals surface area contributed by atoms with E-state index in [1.807, 2.05) is 42.5 Å². The third-order valence-electron chi connectivity index (χ3n) is 4.84. The maximum atomic E-state index is 14.0. The minimum atomic E-state index is -0.782. The molecule has 0 aromatic heterocycles. The van der Waals surface area contributed by atoms with Gasteiger partial charge in [0, 0.05) is 5.56 Å². The van der Waals surface area contributed by atoms with Crippen LogP contribution >= 0.6 is 0 Å². The number of benzene rings is 4. The molecule has 0 bridgehead atoms. The van der Waals surface area contributed by atoms with Gasteiger partial charge in [-0.25, -0.2) is 9.82 Å². The second-order valence-electron chi connectivity index (χ2n) is 7.01. The van der Waals surface area contributed by atoms with Gasteiger partial charge in [0.1, 0.15) is 18.2 Å². The Morgan fingerprint density at radius 3 is 2.59 bits per heavy atom. The molecule has 0 aliphatic rings. The second-order valence-corrected chi connectivity index (χ2v) is 7.01. The third-order valence-corrected chi connectivity index (χ3v) is 4.84. The van der Waals surface area contributed by atoms with E-state index in [1.54, 1.807) is 6.07 Å². The van der Waals surface area contributed by atoms with Crippen molar-refractivity contribution in [1.82, 2.24) is 5.43 Å². The zero-order valence-electron chi connectivity index (χ0n) is 17.0. The second kappa shape index (κ2) is 9.54. The predicted molar refractivity (Wildman–Crippen MR) is 121 cm³/mol. The highest BCUT2D eigenvalue weighted by atomic mass is 19.1. The number of hydrazone groups is 1. The van der Waals surface area contributed by atoms with Crippen LogP contribution < -0.4 is 10.2 Å². The summed E-state index contributed by atoms with van der Waals surface area (Å²) >= 11 is 0. The van der Waals surface area contributed by atoms with Crippen molar-refractivity contribution >= 4 is 22.9 Å². The number of nitriles is 1. The molecule has 4 rings (SSSR count). The molecule has 4 aromatic carbocycles. The van der Waals surface area contributed by atoms with Crippen molar-refractivity contribution in [3.63, 3.8) is 0 Å². The fraction of sp³-hybridized carbons (Fsp3) is 0.0385. The molecule has 0 saturated carbocycles. The van der Waals surface area contributed by atoms with E-state index in [-0.39, 0.29) is 11.1 Å². The van der Waals surface area contributed by atoms with Crippen LogP contribution in [0, 0.1) is 17.1 Å². The predicted octanol–water partition coefficient (Wildman–Crippen LogP) is 5.19. The Morgan fingerprint density at radius 2 is 1.78 bits per heavy atom. The minimum Gasteiger partial charge on any atom is -0.488 e. The maximum Gasteiger partial charge on any atom is 0.274 e. The van der Waals surface area contributed by atoms with Gasteiger partial charge in [0.05, 0.1) is 23.4 Å². The molecule has 0 unspecified atom stereocenters. The molecule has 1 amide bonds. The summed E-state index contributed by atoms with van der Waals surface area (Å²) in [4.78, 5) is 12.2. The number of ether oxygens (including phenoxy) is 1. The normalized spacial score (nSPS) is 10.8. The highest BCUT2D eigenvalue weighted by molar-refractivity contribution is 5.95. The quantitative estimate of drug-likeness (QED) is 0.342. The number of halogens is 1. The maximum absolute atomic E-state index is 14.0. The molecule has 0 heterocycles. The van der Waals surface area contributed by atoms with Crippen LogP contribution in [0.15, 0.2) is 90.0 Å². The van der Waals surface area contributed by atoms with E-state index in [9.17, 15) is 9.18 Å². The Hall–Kier alpha value is -4.50. The average Bonchev–Trinajstić information content (AvgIpc) is 2.83. The van der Waals surface area contributed by atoms with Gasteiger partial charge in [0.15, 0.2) is 0 Å². The molecule has 0 saturated heterocycles. The molecule has 4 aromatic rings. The van der Waals surface area contributed by atoms with Crippen LogP contribution in [-0.4, -0.2) is 12.1 Å². The number of carbonyl (C=O) groups is 1. The lowest BCUT2D eigenvalue weighted by molar-refractivity contribution is 0.0951. The van der Waals surface area contributed by atoms with Crippen molar-refractivity contribution in [2.45, 2.75) is 6.61 Å². The van der Waals surface area contributed by atoms with Crippen LogP contribution in [0.1, 0.15) is 27.0 Å². The number of nitrogens with one attached hydrogen (secondary N) is 1. The summed E-state index contributed by atoms with van der Waals surface area (Å²) in [6.45, 7) is 0.374. The van der Waals surface area contributed by atoms with Crippen LogP contribution in [0.2, 0.25) is 0 Å². The largest absolute Gasteiger partial charge is 0.488 e. The zero-order valence-corrected chi connectivity index (χ0v) is 17.0. The van der Waals surface area contributed by atoms with Crippen molar-refractivity contribution in [3.8, 4) is 11.8 Å². The molecule has 0 atom stereocenters. The SMILES string of the molecule is N#Cc1ccc(C(=O)N/N=C\c2ccccc2OCc2ccc3ccccc3c2)c(F)c1. The van der Waals surface area contributed by atoms with Crippen molar-refractivity contribution in [2.24, 2.45) is 5.10 Å². The lowest BCUT2D eigenvalue weighted by Gasteiger charge is -2.10. The fourth-order valence-electron chi connectivity index (χ4n) is 3.20. The molecule has 156 valence electrons. The number of carbonyl (C=O) groups excluding carboxylic acids is 1. The number of para-hydroxylation sites is 1. The Bertz CT molecular complexity index is 1360. The number of rotatable bonds is 6. The highest BCUT2D eigenvalue weighted by Crippen LogP contribution is 2.20. The van der Waals surface area contributed by atoms with Crippen molar-refractivity contribution in [3.05, 3.63) is 113 Å². The van der Waals surface area contributed by atoms with E-state index >= 15 is 0 Å². The third kappa shape index (κ3) is 4.79. The number of nitrogens with zero attached hydrogens (tertiary/aromatic N) is 2. The lowest BCUT2D eigenvalue weighted by Crippen LogP contribution is -2.19. The molecular formula is C26H18FN3O2. The molecule has 32 heavy (non-hydrogen) atoms. The molecule has 5 nitrogen and oxygen atoms in total. The Balaban J connectivity index is 1.43. The number of hydrogen-bond acceptors (Lipinski definition) is 4. The van der Waals surface area contributed by atoms with Gasteiger partial charge in [-0.15, -0.1) is 0 Å². The summed E-state index contributed by atoms with van der Waals surface area (Å²) in [5.41, 5.74) is 3.93. The number of hydrogen-bond donors (Lipinski definition) is 1. The van der Waals surface area contributed by atoms with Gasteiger partial charge in [0.25, 0.3) is 5.91 Å². The van der Waals surface area contributed by atoms with Gasteiger partial charge in [-0.05, 0) is 52.7 Å². The number of fused-ring (bicyclic) bond motifs is 1. The van der Waals surface area contributed by atoms with E-state index in [2.05, 4.69) is 34.8 Å². The molecule has 1 N–H and O–H groups in total. The monoisotopic (exact) mass is 423 g/mol. The molecule has 0 fully saturated rings. The smallest absolute Gasteiger partial charge is 0.274 e. The first-order valence-corrected chi connectivity index (χ1v) is 9.86. The summed E-state index contributed by atoms with van der Waals surface area (Å²) in [6, 6.07) is 27.0. The van der Waals surface area contributed by atoms with Gasteiger partial charge in [-0.1, -0.05) is 48.5 Å². The van der Waals surface area contributed by atoms with Crippen LogP contribution in [0.4, 0.5) is 4.39 Å². The summed E-state index contributed by atoms with van der Waals surface area (Å²) < 4.78 is 19.9. The summed E-state index contributed by atoms with van der Waals surface area (Å²) in [6.07, 6.45) is 1.44. The van der Waals surface area contributed by atoms with E-state index in [0.717, 1.165) is 17.0 Å². The Labute approximate surface area is 184 Å². The van der Waals surface area contributed by atoms with E-state index in [4.69, 9.17) is 10.00 Å². The minimum absolute atomic E-state index is 0.139. The molecule has 0 radical (unpaired) electrons. The van der Waals surface area contributed by atoms with Gasteiger partial charge < -0.3 is 4.74 Å². The van der Waals surface area contributed by atoms with Gasteiger partial charge in [-0.3, -0.25) is 4.79 Å². The van der Waals surface area contributed by atoms with E-state index in [1.165, 1.54) is 23.7 Å². The van der Waals surface area contributed by atoms with Crippen LogP contribution in [-0.2, 0) is 6.61 Å². The standard InChI is InChI=1S/C26H18FN3O2/c27-24-14-18(15-28)10-12-23(24)26(31)30-29-16-22-7-3-4-8-25(22)32-17-19-9-11-20-5-1-2-6-21(20)13-19/h1-14,16H,17H2,(H,30,31)/b29-16-. The van der Waals surface area contributed by atoms with Crippen molar-refractivity contribution in [2.75, 3.05) is 0 Å². The van der Waals surface area contributed by atoms with Crippen molar-refractivity contribution in [1.29, 1.82) is 5.26 Å².